The molecule has 0 saturated carbocycles. The molecule has 0 atom stereocenters. The minimum atomic E-state index is -5.05. The number of hydrogen-bond donors (Lipinski definition) is 10. The molecule has 478 valence electrons. The summed E-state index contributed by atoms with van der Waals surface area (Å²) in [6.45, 7) is 18.4. The van der Waals surface area contributed by atoms with Crippen molar-refractivity contribution in [2.75, 3.05) is 26.0 Å². The molecule has 0 fully saturated rings. The lowest BCUT2D eigenvalue weighted by atomic mass is 9.68. The van der Waals surface area contributed by atoms with Crippen molar-refractivity contribution in [1.82, 2.24) is 0 Å². The Labute approximate surface area is 491 Å². The van der Waals surface area contributed by atoms with Gasteiger partial charge in [0, 0.05) is 11.1 Å². The van der Waals surface area contributed by atoms with Gasteiger partial charge in [0.2, 0.25) is 0 Å². The van der Waals surface area contributed by atoms with Crippen LogP contribution in [0.5, 0.6) is 5.75 Å². The molecule has 1 aromatic carbocycles. The largest absolute Gasteiger partial charge is 0.478 e. The van der Waals surface area contributed by atoms with Crippen LogP contribution in [0.1, 0.15) is 330 Å². The summed E-state index contributed by atoms with van der Waals surface area (Å²) in [6.07, 6.45) is 50.0. The Kier molecular flexibility index (Phi) is 48.5. The fourth-order valence-electron chi connectivity index (χ4n) is 10.4. The minimum Gasteiger partial charge on any atom is -0.395 e. The predicted molar refractivity (Wildman–Crippen MR) is 336 cm³/mol. The zero-order valence-electron chi connectivity index (χ0n) is 52.8. The third-order valence-corrected chi connectivity index (χ3v) is 18.7. The number of aliphatic hydroxyl groups is 4. The average molecular weight is 1200 g/mol. The highest BCUT2D eigenvalue weighted by Crippen LogP contribution is 2.56. The van der Waals surface area contributed by atoms with E-state index in [1.165, 1.54) is 199 Å². The van der Waals surface area contributed by atoms with Crippen molar-refractivity contribution < 1.29 is 67.8 Å². The lowest BCUT2D eigenvalue weighted by Gasteiger charge is -2.44. The summed E-state index contributed by atoms with van der Waals surface area (Å²) in [5, 5.41) is 42.0. The van der Waals surface area contributed by atoms with Gasteiger partial charge in [-0.15, -0.1) is 0 Å². The van der Waals surface area contributed by atoms with E-state index in [0.29, 0.717) is 24.8 Å². The normalized spacial score (nSPS) is 12.8. The van der Waals surface area contributed by atoms with Crippen LogP contribution in [0.15, 0.2) is 18.2 Å². The maximum atomic E-state index is 11.7. The lowest BCUT2D eigenvalue weighted by Crippen LogP contribution is -2.55. The molecule has 0 aliphatic carbocycles. The first-order valence-corrected chi connectivity index (χ1v) is 37.0. The van der Waals surface area contributed by atoms with E-state index in [4.69, 9.17) is 24.1 Å². The van der Waals surface area contributed by atoms with Crippen molar-refractivity contribution in [3.05, 3.63) is 29.3 Å². The third kappa shape index (κ3) is 44.0. The summed E-state index contributed by atoms with van der Waals surface area (Å²) in [5.74, 6) is 0.664. The van der Waals surface area contributed by atoms with Crippen LogP contribution >= 0.6 is 23.6 Å². The Morgan fingerprint density at radius 3 is 0.863 bits per heavy atom. The second-order valence-electron chi connectivity index (χ2n) is 25.4. The van der Waals surface area contributed by atoms with Gasteiger partial charge in [-0.2, -0.15) is 14.1 Å². The predicted octanol–water partition coefficient (Wildman–Crippen LogP) is 17.9. The van der Waals surface area contributed by atoms with E-state index < -0.39 is 34.6 Å². The Morgan fingerprint density at radius 1 is 0.412 bits per heavy atom. The van der Waals surface area contributed by atoms with Crippen LogP contribution in [0.25, 0.3) is 0 Å². The monoisotopic (exact) mass is 1200 g/mol. The summed E-state index contributed by atoms with van der Waals surface area (Å²) < 4.78 is 28.2. The maximum absolute atomic E-state index is 11.7. The summed E-state index contributed by atoms with van der Waals surface area (Å²) in [6, 6.07) is 6.11. The van der Waals surface area contributed by atoms with Gasteiger partial charge in [0.05, 0.1) is 30.8 Å². The van der Waals surface area contributed by atoms with Crippen molar-refractivity contribution in [3.8, 4) is 5.75 Å². The molecular formula is C63H128O14P3+. The van der Waals surface area contributed by atoms with E-state index in [1.807, 2.05) is 18.2 Å². The van der Waals surface area contributed by atoms with Gasteiger partial charge in [0.15, 0.2) is 5.75 Å². The highest BCUT2D eigenvalue weighted by atomic mass is 31.3. The molecule has 0 aliphatic rings. The van der Waals surface area contributed by atoms with E-state index in [-0.39, 0.29) is 30.7 Å². The molecule has 0 amide bonds. The van der Waals surface area contributed by atoms with Gasteiger partial charge in [-0.05, 0) is 36.5 Å². The van der Waals surface area contributed by atoms with E-state index in [9.17, 15) is 39.3 Å². The standard InChI is InChI=1S/C41H84O4.C22H40O3P.H4O7P2/c1-3-5-7-9-11-13-15-17-19-21-23-25-27-29-31-33-35-41(45,40(37-42,38-43)39-44)36-34-32-30-28-26-24-22-20-18-16-14-12-10-8-6-4-2;1-8-9-10-11-12-13-17-26(23,24)25-20-18(21(2,3)4)15-14-16-19(20)22(5,6)7;1-8(2,3)7-9(4,5)6/h42-45H,3-39H2,1-2H3;14-16,23-24H,8-13,17H2,1-7H3;(H2,1,2,3)(H2,4,5,6)/q;+1;. The Bertz CT molecular complexity index is 1570. The highest BCUT2D eigenvalue weighted by Gasteiger charge is 2.48. The van der Waals surface area contributed by atoms with Crippen molar-refractivity contribution in [1.29, 1.82) is 0 Å². The molecule has 1 aromatic rings. The average Bonchev–Trinajstić information content (AvgIpc) is 3.36. The molecule has 0 heterocycles. The Morgan fingerprint density at radius 2 is 0.650 bits per heavy atom. The molecule has 0 bridgehead atoms. The molecule has 10 N–H and O–H groups in total. The number of benzene rings is 1. The van der Waals surface area contributed by atoms with Gasteiger partial charge in [-0.1, -0.05) is 312 Å². The molecule has 1 rings (SSSR count). The third-order valence-electron chi connectivity index (χ3n) is 15.7. The van der Waals surface area contributed by atoms with Crippen molar-refractivity contribution in [2.45, 2.75) is 336 Å². The fraction of sp³-hybridized carbons (Fsp3) is 0.905. The molecule has 0 spiro atoms. The van der Waals surface area contributed by atoms with Crippen LogP contribution in [-0.2, 0) is 24.3 Å². The molecule has 14 nitrogen and oxygen atoms in total. The number of unbranched alkanes of at least 4 members (excludes halogenated alkanes) is 35. The summed E-state index contributed by atoms with van der Waals surface area (Å²) in [7, 11) is -13.5. The van der Waals surface area contributed by atoms with Crippen molar-refractivity contribution in [2.24, 2.45) is 5.41 Å². The van der Waals surface area contributed by atoms with Crippen LogP contribution in [0.3, 0.4) is 0 Å². The van der Waals surface area contributed by atoms with Crippen molar-refractivity contribution >= 4 is 23.6 Å². The van der Waals surface area contributed by atoms with Crippen LogP contribution in [0, 0.1) is 5.41 Å². The zero-order chi connectivity index (χ0) is 60.9. The molecule has 80 heavy (non-hydrogen) atoms. The molecule has 0 radical (unpaired) electrons. The van der Waals surface area contributed by atoms with Gasteiger partial charge in [-0.25, -0.2) is 9.13 Å². The van der Waals surface area contributed by atoms with Crippen LogP contribution in [0.2, 0.25) is 0 Å². The first-order valence-electron chi connectivity index (χ1n) is 32.2. The summed E-state index contributed by atoms with van der Waals surface area (Å²) in [4.78, 5) is 52.2. The van der Waals surface area contributed by atoms with Gasteiger partial charge in [-0.3, -0.25) is 4.52 Å². The first kappa shape index (κ1) is 81.5. The molecule has 0 aromatic heterocycles. The van der Waals surface area contributed by atoms with Gasteiger partial charge >= 0.3 is 23.6 Å². The van der Waals surface area contributed by atoms with Gasteiger partial charge < -0.3 is 40.0 Å². The van der Waals surface area contributed by atoms with E-state index in [1.54, 1.807) is 0 Å². The van der Waals surface area contributed by atoms with E-state index in [2.05, 4.69) is 66.6 Å². The number of aliphatic hydroxyl groups excluding tert-OH is 3. The van der Waals surface area contributed by atoms with Gasteiger partial charge in [0.25, 0.3) is 0 Å². The topological polar surface area (TPSA) is 255 Å². The molecule has 0 unspecified atom stereocenters. The lowest BCUT2D eigenvalue weighted by molar-refractivity contribution is -0.162. The Balaban J connectivity index is 0. The van der Waals surface area contributed by atoms with Gasteiger partial charge in [0.1, 0.15) is 6.16 Å². The SMILES string of the molecule is CCCCCCCCCCCCCCCCCCC(O)(CCCCCCCCCCCCCCCCCC)C(CO)(CO)CO.CCCCCCCC[P+](O)(O)Oc1c(C(C)(C)C)cccc1C(C)(C)C.O=P(O)(O)OP(=O)(O)O. The summed E-state index contributed by atoms with van der Waals surface area (Å²) in [5.41, 5.74) is -0.636. The second kappa shape index (κ2) is 47.6. The number of rotatable bonds is 49. The molecular weight excluding hydrogens is 1070 g/mol. The molecule has 17 heteroatoms. The van der Waals surface area contributed by atoms with Crippen LogP contribution in [-0.4, -0.2) is 81.4 Å². The fourth-order valence-corrected chi connectivity index (χ4v) is 12.7. The van der Waals surface area contributed by atoms with E-state index in [0.717, 1.165) is 56.1 Å². The zero-order valence-corrected chi connectivity index (χ0v) is 55.5. The maximum Gasteiger partial charge on any atom is 0.478 e. The summed E-state index contributed by atoms with van der Waals surface area (Å²) >= 11 is 0. The minimum absolute atomic E-state index is 0.128. The number of phosphoric acid groups is 2. The first-order chi connectivity index (χ1) is 37.6. The quantitative estimate of drug-likeness (QED) is 0.0215. The smallest absolute Gasteiger partial charge is 0.395 e. The number of para-hydroxylation sites is 1. The van der Waals surface area contributed by atoms with Crippen LogP contribution in [0.4, 0.5) is 0 Å². The second-order valence-corrected chi connectivity index (χ2v) is 30.0. The van der Waals surface area contributed by atoms with Crippen LogP contribution < -0.4 is 4.52 Å². The molecule has 0 saturated heterocycles. The van der Waals surface area contributed by atoms with Crippen molar-refractivity contribution in [3.63, 3.8) is 0 Å². The number of hydrogen-bond acceptors (Lipinski definition) is 10. The highest BCUT2D eigenvalue weighted by molar-refractivity contribution is 7.60. The van der Waals surface area contributed by atoms with E-state index >= 15 is 0 Å². The Hall–Kier alpha value is -0.530. The molecule has 0 aliphatic heterocycles.